The first-order valence-corrected chi connectivity index (χ1v) is 7.79. The molecule has 3 rings (SSSR count). The highest BCUT2D eigenvalue weighted by atomic mass is 19.1. The molecule has 0 N–H and O–H groups in total. The zero-order valence-corrected chi connectivity index (χ0v) is 13.1. The van der Waals surface area contributed by atoms with Crippen LogP contribution in [0.2, 0.25) is 0 Å². The van der Waals surface area contributed by atoms with Crippen molar-refractivity contribution >= 4 is 5.91 Å². The number of carbonyl (C=O) groups excluding carboxylic acids is 1. The van der Waals surface area contributed by atoms with Crippen LogP contribution in [0.15, 0.2) is 42.9 Å². The van der Waals surface area contributed by atoms with Gasteiger partial charge in [-0.05, 0) is 37.1 Å². The van der Waals surface area contributed by atoms with Gasteiger partial charge in [-0.15, -0.1) is 0 Å². The number of carbonyl (C=O) groups is 1. The largest absolute Gasteiger partial charge is 0.484 e. The summed E-state index contributed by atoms with van der Waals surface area (Å²) in [5.74, 6) is 0.467. The molecule has 0 aliphatic carbocycles. The standard InChI is InChI=1S/C17H18FN3O3/c18-13-3-5-14(6-4-13)23-12-17(22)21-9-1-2-15(11-21)24-16-10-19-7-8-20-16/h3-8,10,15H,1-2,9,11-12H2. The predicted octanol–water partition coefficient (Wildman–Crippen LogP) is 2.06. The average Bonchev–Trinajstić information content (AvgIpc) is 2.62. The summed E-state index contributed by atoms with van der Waals surface area (Å²) in [7, 11) is 0. The molecule has 7 heteroatoms. The number of rotatable bonds is 5. The molecule has 2 heterocycles. The number of hydrogen-bond donors (Lipinski definition) is 0. The van der Waals surface area contributed by atoms with Gasteiger partial charge in [0.1, 0.15) is 17.7 Å². The molecule has 1 aliphatic heterocycles. The van der Waals surface area contributed by atoms with E-state index in [1.807, 2.05) is 0 Å². The van der Waals surface area contributed by atoms with E-state index in [4.69, 9.17) is 9.47 Å². The Balaban J connectivity index is 1.50. The first-order chi connectivity index (χ1) is 11.7. The van der Waals surface area contributed by atoms with Crippen molar-refractivity contribution in [3.8, 4) is 11.6 Å². The molecular weight excluding hydrogens is 313 g/mol. The Labute approximate surface area is 139 Å². The minimum atomic E-state index is -0.339. The summed E-state index contributed by atoms with van der Waals surface area (Å²) in [6.07, 6.45) is 6.31. The Morgan fingerprint density at radius 2 is 2.12 bits per heavy atom. The third kappa shape index (κ3) is 4.41. The first kappa shape index (κ1) is 16.2. The maximum absolute atomic E-state index is 12.8. The van der Waals surface area contributed by atoms with Gasteiger partial charge in [0.25, 0.3) is 5.91 Å². The first-order valence-electron chi connectivity index (χ1n) is 7.79. The molecule has 1 atom stereocenters. The number of hydrogen-bond acceptors (Lipinski definition) is 5. The van der Waals surface area contributed by atoms with Gasteiger partial charge < -0.3 is 14.4 Å². The van der Waals surface area contributed by atoms with E-state index >= 15 is 0 Å². The number of aromatic nitrogens is 2. The average molecular weight is 331 g/mol. The summed E-state index contributed by atoms with van der Waals surface area (Å²) >= 11 is 0. The second kappa shape index (κ2) is 7.72. The van der Waals surface area contributed by atoms with E-state index in [1.54, 1.807) is 23.5 Å². The Morgan fingerprint density at radius 3 is 2.88 bits per heavy atom. The predicted molar refractivity (Wildman–Crippen MR) is 84.2 cm³/mol. The Hall–Kier alpha value is -2.70. The van der Waals surface area contributed by atoms with Crippen LogP contribution < -0.4 is 9.47 Å². The van der Waals surface area contributed by atoms with E-state index in [1.165, 1.54) is 24.3 Å². The zero-order chi connectivity index (χ0) is 16.8. The molecule has 1 aliphatic rings. The van der Waals surface area contributed by atoms with Crippen molar-refractivity contribution in [2.24, 2.45) is 0 Å². The van der Waals surface area contributed by atoms with Crippen molar-refractivity contribution in [3.63, 3.8) is 0 Å². The zero-order valence-electron chi connectivity index (χ0n) is 13.1. The summed E-state index contributed by atoms with van der Waals surface area (Å²) in [5, 5.41) is 0. The molecule has 126 valence electrons. The Bertz CT molecular complexity index is 667. The highest BCUT2D eigenvalue weighted by Crippen LogP contribution is 2.17. The molecule has 0 radical (unpaired) electrons. The molecule has 1 aromatic heterocycles. The van der Waals surface area contributed by atoms with Crippen molar-refractivity contribution in [1.82, 2.24) is 14.9 Å². The van der Waals surface area contributed by atoms with Crippen LogP contribution in [0.5, 0.6) is 11.6 Å². The number of piperidine rings is 1. The quantitative estimate of drug-likeness (QED) is 0.839. The van der Waals surface area contributed by atoms with Gasteiger partial charge in [-0.25, -0.2) is 9.37 Å². The van der Waals surface area contributed by atoms with Gasteiger partial charge in [-0.1, -0.05) is 0 Å². The topological polar surface area (TPSA) is 64.5 Å². The van der Waals surface area contributed by atoms with Gasteiger partial charge in [0, 0.05) is 18.9 Å². The normalized spacial score (nSPS) is 17.4. The third-order valence-electron chi connectivity index (χ3n) is 3.73. The Morgan fingerprint density at radius 1 is 1.29 bits per heavy atom. The fraction of sp³-hybridized carbons (Fsp3) is 0.353. The van der Waals surface area contributed by atoms with Crippen LogP contribution in [0.25, 0.3) is 0 Å². The number of halogens is 1. The molecule has 0 saturated carbocycles. The minimum Gasteiger partial charge on any atom is -0.484 e. The minimum absolute atomic E-state index is 0.0799. The van der Waals surface area contributed by atoms with E-state index < -0.39 is 0 Å². The van der Waals surface area contributed by atoms with Gasteiger partial charge in [-0.3, -0.25) is 9.78 Å². The van der Waals surface area contributed by atoms with Crippen LogP contribution in [0, 0.1) is 5.82 Å². The highest BCUT2D eigenvalue weighted by molar-refractivity contribution is 5.77. The SMILES string of the molecule is O=C(COc1ccc(F)cc1)N1CCCC(Oc2cnccn2)C1. The number of amides is 1. The van der Waals surface area contributed by atoms with Crippen molar-refractivity contribution in [2.45, 2.75) is 18.9 Å². The fourth-order valence-electron chi connectivity index (χ4n) is 2.55. The van der Waals surface area contributed by atoms with Crippen molar-refractivity contribution in [1.29, 1.82) is 0 Å². The van der Waals surface area contributed by atoms with Crippen LogP contribution in [-0.4, -0.2) is 46.6 Å². The van der Waals surface area contributed by atoms with Crippen molar-refractivity contribution in [2.75, 3.05) is 19.7 Å². The van der Waals surface area contributed by atoms with E-state index in [2.05, 4.69) is 9.97 Å². The molecular formula is C17H18FN3O3. The second-order valence-electron chi connectivity index (χ2n) is 5.51. The van der Waals surface area contributed by atoms with Gasteiger partial charge in [0.2, 0.25) is 5.88 Å². The van der Waals surface area contributed by atoms with E-state index in [-0.39, 0.29) is 24.4 Å². The van der Waals surface area contributed by atoms with E-state index in [0.717, 1.165) is 12.8 Å². The lowest BCUT2D eigenvalue weighted by Gasteiger charge is -2.32. The number of ether oxygens (including phenoxy) is 2. The molecule has 1 amide bonds. The van der Waals surface area contributed by atoms with Gasteiger partial charge in [0.15, 0.2) is 6.61 Å². The summed E-state index contributed by atoms with van der Waals surface area (Å²) in [4.78, 5) is 22.0. The summed E-state index contributed by atoms with van der Waals surface area (Å²) in [5.41, 5.74) is 0. The number of benzene rings is 1. The van der Waals surface area contributed by atoms with Crippen LogP contribution >= 0.6 is 0 Å². The lowest BCUT2D eigenvalue weighted by Crippen LogP contribution is -2.46. The molecule has 0 bridgehead atoms. The number of nitrogens with zero attached hydrogens (tertiary/aromatic N) is 3. The summed E-state index contributed by atoms with van der Waals surface area (Å²) in [6, 6.07) is 5.59. The van der Waals surface area contributed by atoms with Gasteiger partial charge in [-0.2, -0.15) is 0 Å². The molecule has 1 fully saturated rings. The molecule has 2 aromatic rings. The molecule has 0 spiro atoms. The molecule has 24 heavy (non-hydrogen) atoms. The van der Waals surface area contributed by atoms with Crippen LogP contribution in [-0.2, 0) is 4.79 Å². The molecule has 1 unspecified atom stereocenters. The van der Waals surface area contributed by atoms with E-state index in [0.29, 0.717) is 24.7 Å². The highest BCUT2D eigenvalue weighted by Gasteiger charge is 2.25. The Kier molecular flexibility index (Phi) is 5.20. The second-order valence-corrected chi connectivity index (χ2v) is 5.51. The van der Waals surface area contributed by atoms with Gasteiger partial charge >= 0.3 is 0 Å². The van der Waals surface area contributed by atoms with Crippen molar-refractivity contribution in [3.05, 3.63) is 48.7 Å². The monoisotopic (exact) mass is 331 g/mol. The van der Waals surface area contributed by atoms with Crippen LogP contribution in [0.4, 0.5) is 4.39 Å². The summed E-state index contributed by atoms with van der Waals surface area (Å²) < 4.78 is 24.0. The smallest absolute Gasteiger partial charge is 0.260 e. The van der Waals surface area contributed by atoms with Crippen LogP contribution in [0.1, 0.15) is 12.8 Å². The molecule has 6 nitrogen and oxygen atoms in total. The third-order valence-corrected chi connectivity index (χ3v) is 3.73. The van der Waals surface area contributed by atoms with Crippen molar-refractivity contribution < 1.29 is 18.7 Å². The lowest BCUT2D eigenvalue weighted by molar-refractivity contribution is -0.136. The molecule has 1 aromatic carbocycles. The van der Waals surface area contributed by atoms with E-state index in [9.17, 15) is 9.18 Å². The van der Waals surface area contributed by atoms with Gasteiger partial charge in [0.05, 0.1) is 12.7 Å². The number of likely N-dealkylation sites (tertiary alicyclic amines) is 1. The maximum Gasteiger partial charge on any atom is 0.260 e. The molecule has 1 saturated heterocycles. The van der Waals surface area contributed by atoms with Crippen LogP contribution in [0.3, 0.4) is 0 Å². The fourth-order valence-corrected chi connectivity index (χ4v) is 2.55. The lowest BCUT2D eigenvalue weighted by atomic mass is 10.1. The maximum atomic E-state index is 12.8. The summed E-state index contributed by atoms with van der Waals surface area (Å²) in [6.45, 7) is 1.08.